The number of nitrogens with zero attached hydrogens (tertiary/aromatic N) is 4. The van der Waals surface area contributed by atoms with Crippen LogP contribution in [-0.2, 0) is 0 Å². The summed E-state index contributed by atoms with van der Waals surface area (Å²) in [4.78, 5) is 2.48. The Balaban J connectivity index is 1.78. The Bertz CT molecular complexity index is 290. The summed E-state index contributed by atoms with van der Waals surface area (Å²) in [6, 6.07) is 0.758. The van der Waals surface area contributed by atoms with Gasteiger partial charge in [-0.25, -0.2) is 0 Å². The summed E-state index contributed by atoms with van der Waals surface area (Å²) in [6.07, 6.45) is 2.41. The normalized spacial score (nSPS) is 21.1. The van der Waals surface area contributed by atoms with Gasteiger partial charge in [-0.1, -0.05) is 12.1 Å². The molecule has 0 amide bonds. The van der Waals surface area contributed by atoms with Gasteiger partial charge in [-0.2, -0.15) is 5.21 Å². The van der Waals surface area contributed by atoms with Crippen molar-refractivity contribution in [1.29, 1.82) is 0 Å². The second kappa shape index (κ2) is 5.36. The molecule has 0 bridgehead atoms. The first-order valence-corrected chi connectivity index (χ1v) is 6.01. The lowest BCUT2D eigenvalue weighted by molar-refractivity contribution is 0.199. The summed E-state index contributed by atoms with van der Waals surface area (Å²) in [6.45, 7) is 7.83. The lowest BCUT2D eigenvalue weighted by Crippen LogP contribution is -2.43. The number of tetrazole rings is 1. The number of H-pyrrole nitrogens is 1. The largest absolute Gasteiger partial charge is 0.305 e. The van der Waals surface area contributed by atoms with E-state index >= 15 is 0 Å². The predicted octanol–water partition coefficient (Wildman–Crippen LogP) is 0.335. The smallest absolute Gasteiger partial charge is 0.191 e. The summed E-state index contributed by atoms with van der Waals surface area (Å²) in [7, 11) is 0. The topological polar surface area (TPSA) is 69.7 Å². The van der Waals surface area contributed by atoms with Gasteiger partial charge >= 0.3 is 0 Å². The molecule has 1 saturated heterocycles. The highest BCUT2D eigenvalue weighted by Crippen LogP contribution is 2.14. The van der Waals surface area contributed by atoms with Gasteiger partial charge in [-0.3, -0.25) is 0 Å². The molecule has 0 saturated carbocycles. The highest BCUT2D eigenvalue weighted by molar-refractivity contribution is 4.89. The zero-order valence-electron chi connectivity index (χ0n) is 9.98. The van der Waals surface area contributed by atoms with Crippen molar-refractivity contribution < 1.29 is 0 Å². The Labute approximate surface area is 95.8 Å². The van der Waals surface area contributed by atoms with E-state index in [1.807, 2.05) is 0 Å². The Morgan fingerprint density at radius 3 is 2.81 bits per heavy atom. The van der Waals surface area contributed by atoms with E-state index in [1.165, 1.54) is 25.9 Å². The van der Waals surface area contributed by atoms with Gasteiger partial charge in [0, 0.05) is 6.04 Å². The Kier molecular flexibility index (Phi) is 3.84. The molecule has 6 nitrogen and oxygen atoms in total. The van der Waals surface area contributed by atoms with Gasteiger partial charge in [0.05, 0.1) is 6.04 Å². The lowest BCUT2D eigenvalue weighted by Gasteiger charge is -2.32. The molecule has 2 rings (SSSR count). The first-order chi connectivity index (χ1) is 7.79. The average Bonchev–Trinajstić information content (AvgIpc) is 2.83. The van der Waals surface area contributed by atoms with Crippen LogP contribution in [0.2, 0.25) is 0 Å². The number of hydrogen-bond acceptors (Lipinski definition) is 5. The molecule has 2 heterocycles. The molecule has 0 aliphatic carbocycles. The first-order valence-electron chi connectivity index (χ1n) is 6.01. The van der Waals surface area contributed by atoms with Crippen molar-refractivity contribution in [2.45, 2.75) is 38.8 Å². The average molecular weight is 224 g/mol. The maximum Gasteiger partial charge on any atom is 0.191 e. The maximum absolute atomic E-state index is 3.99. The number of aromatic nitrogens is 4. The minimum Gasteiger partial charge on any atom is -0.305 e. The van der Waals surface area contributed by atoms with Crippen LogP contribution >= 0.6 is 0 Å². The molecule has 2 N–H and O–H groups in total. The number of likely N-dealkylation sites (tertiary alicyclic amines) is 1. The fourth-order valence-corrected chi connectivity index (χ4v) is 2.20. The van der Waals surface area contributed by atoms with Crippen molar-refractivity contribution in [3.8, 4) is 0 Å². The summed E-state index contributed by atoms with van der Waals surface area (Å²) >= 11 is 0. The van der Waals surface area contributed by atoms with Crippen LogP contribution in [-0.4, -0.2) is 51.2 Å². The fraction of sp³-hybridized carbons (Fsp3) is 0.900. The number of hydrogen-bond donors (Lipinski definition) is 2. The minimum atomic E-state index is 0.178. The molecule has 6 heteroatoms. The lowest BCUT2D eigenvalue weighted by atomic mass is 10.0. The third-order valence-corrected chi connectivity index (χ3v) is 3.27. The molecule has 90 valence electrons. The monoisotopic (exact) mass is 224 g/mol. The van der Waals surface area contributed by atoms with E-state index in [0.717, 1.165) is 12.4 Å². The predicted molar refractivity (Wildman–Crippen MR) is 60.9 cm³/mol. The summed E-state index contributed by atoms with van der Waals surface area (Å²) < 4.78 is 0. The van der Waals surface area contributed by atoms with Crippen molar-refractivity contribution in [3.05, 3.63) is 5.82 Å². The zero-order chi connectivity index (χ0) is 11.4. The van der Waals surface area contributed by atoms with Crippen LogP contribution in [0.1, 0.15) is 38.6 Å². The summed E-state index contributed by atoms with van der Waals surface area (Å²) in [5.41, 5.74) is 0. The Morgan fingerprint density at radius 2 is 2.25 bits per heavy atom. The molecule has 0 aromatic carbocycles. The van der Waals surface area contributed by atoms with E-state index < -0.39 is 0 Å². The van der Waals surface area contributed by atoms with E-state index in [0.29, 0.717) is 6.04 Å². The third-order valence-electron chi connectivity index (χ3n) is 3.27. The molecule has 1 atom stereocenters. The SMILES string of the molecule is CCN1CCC(NC(C)c2nn[nH]n2)CC1. The molecule has 0 radical (unpaired) electrons. The van der Waals surface area contributed by atoms with Gasteiger partial charge in [0.25, 0.3) is 0 Å². The van der Waals surface area contributed by atoms with Crippen LogP contribution in [0.15, 0.2) is 0 Å². The van der Waals surface area contributed by atoms with Crippen molar-refractivity contribution >= 4 is 0 Å². The van der Waals surface area contributed by atoms with E-state index in [4.69, 9.17) is 0 Å². The van der Waals surface area contributed by atoms with Crippen LogP contribution in [0.5, 0.6) is 0 Å². The molecule has 1 unspecified atom stereocenters. The van der Waals surface area contributed by atoms with Crippen LogP contribution in [0, 0.1) is 0 Å². The molecule has 0 spiro atoms. The first kappa shape index (κ1) is 11.5. The van der Waals surface area contributed by atoms with Gasteiger partial charge < -0.3 is 10.2 Å². The van der Waals surface area contributed by atoms with Crippen LogP contribution in [0.3, 0.4) is 0 Å². The molecule has 1 aromatic rings. The molecule has 1 fully saturated rings. The van der Waals surface area contributed by atoms with Gasteiger partial charge in [0.2, 0.25) is 0 Å². The maximum atomic E-state index is 3.99. The Hall–Kier alpha value is -1.01. The van der Waals surface area contributed by atoms with Crippen molar-refractivity contribution in [3.63, 3.8) is 0 Å². The van der Waals surface area contributed by atoms with Gasteiger partial charge in [0.1, 0.15) is 0 Å². The quantitative estimate of drug-likeness (QED) is 0.771. The van der Waals surface area contributed by atoms with E-state index in [9.17, 15) is 0 Å². The van der Waals surface area contributed by atoms with Crippen molar-refractivity contribution in [1.82, 2.24) is 30.8 Å². The van der Waals surface area contributed by atoms with E-state index in [1.54, 1.807) is 0 Å². The highest BCUT2D eigenvalue weighted by Gasteiger charge is 2.21. The van der Waals surface area contributed by atoms with Gasteiger partial charge in [-0.15, -0.1) is 10.2 Å². The number of aromatic amines is 1. The van der Waals surface area contributed by atoms with Gasteiger partial charge in [0.15, 0.2) is 5.82 Å². The Morgan fingerprint density at radius 1 is 1.50 bits per heavy atom. The number of piperidine rings is 1. The molecule has 1 aliphatic heterocycles. The van der Waals surface area contributed by atoms with E-state index in [-0.39, 0.29) is 6.04 Å². The second-order valence-electron chi connectivity index (χ2n) is 4.37. The molecule has 16 heavy (non-hydrogen) atoms. The molecular weight excluding hydrogens is 204 g/mol. The highest BCUT2D eigenvalue weighted by atomic mass is 15.5. The fourth-order valence-electron chi connectivity index (χ4n) is 2.20. The number of nitrogens with one attached hydrogen (secondary N) is 2. The van der Waals surface area contributed by atoms with Gasteiger partial charge in [-0.05, 0) is 39.4 Å². The van der Waals surface area contributed by atoms with Crippen LogP contribution < -0.4 is 5.32 Å². The second-order valence-corrected chi connectivity index (χ2v) is 4.37. The minimum absolute atomic E-state index is 0.178. The molecule has 1 aliphatic rings. The third kappa shape index (κ3) is 2.76. The molecular formula is C10H20N6. The standard InChI is InChI=1S/C10H20N6/c1-3-16-6-4-9(5-7-16)11-8(2)10-12-14-15-13-10/h8-9,11H,3-7H2,1-2H3,(H,12,13,14,15). The van der Waals surface area contributed by atoms with Crippen LogP contribution in [0.25, 0.3) is 0 Å². The van der Waals surface area contributed by atoms with E-state index in [2.05, 4.69) is 44.7 Å². The van der Waals surface area contributed by atoms with Crippen LogP contribution in [0.4, 0.5) is 0 Å². The van der Waals surface area contributed by atoms with Crippen molar-refractivity contribution in [2.75, 3.05) is 19.6 Å². The summed E-state index contributed by atoms with van der Waals surface area (Å²) in [5, 5.41) is 17.6. The number of rotatable bonds is 4. The van der Waals surface area contributed by atoms with Crippen molar-refractivity contribution in [2.24, 2.45) is 0 Å². The molecule has 1 aromatic heterocycles. The summed E-state index contributed by atoms with van der Waals surface area (Å²) in [5.74, 6) is 0.748. The zero-order valence-corrected chi connectivity index (χ0v) is 9.98.